The maximum atomic E-state index is 12.8. The number of thiophene rings is 1. The summed E-state index contributed by atoms with van der Waals surface area (Å²) in [7, 11) is 4.92. The first kappa shape index (κ1) is 25.8. The molecular weight excluding hydrogens is 482 g/mol. The number of aromatic nitrogens is 2. The van der Waals surface area contributed by atoms with Gasteiger partial charge >= 0.3 is 0 Å². The Morgan fingerprint density at radius 1 is 1.03 bits per heavy atom. The highest BCUT2D eigenvalue weighted by molar-refractivity contribution is 7.15. The monoisotopic (exact) mass is 512 g/mol. The SMILES string of the molecule is COc1cc2nc(C)nc(NC(C)c3ccc(-c4ccccc4CN(C)CC(F)F)s3)c2cc1OC. The van der Waals surface area contributed by atoms with Crippen LogP contribution in [0.15, 0.2) is 48.5 Å². The van der Waals surface area contributed by atoms with Gasteiger partial charge in [0.15, 0.2) is 11.5 Å². The zero-order chi connectivity index (χ0) is 25.8. The molecule has 0 saturated heterocycles. The van der Waals surface area contributed by atoms with Crippen molar-refractivity contribution in [2.45, 2.75) is 32.9 Å². The normalized spacial score (nSPS) is 12.4. The molecule has 2 heterocycles. The van der Waals surface area contributed by atoms with Gasteiger partial charge in [0.25, 0.3) is 6.43 Å². The zero-order valence-electron chi connectivity index (χ0n) is 21.0. The van der Waals surface area contributed by atoms with Crippen LogP contribution >= 0.6 is 11.3 Å². The van der Waals surface area contributed by atoms with Crippen LogP contribution in [0.2, 0.25) is 0 Å². The Morgan fingerprint density at radius 2 is 1.75 bits per heavy atom. The zero-order valence-corrected chi connectivity index (χ0v) is 21.8. The lowest BCUT2D eigenvalue weighted by molar-refractivity contribution is 0.0976. The van der Waals surface area contributed by atoms with E-state index in [0.29, 0.717) is 23.9 Å². The highest BCUT2D eigenvalue weighted by Gasteiger charge is 2.17. The van der Waals surface area contributed by atoms with Crippen LogP contribution in [-0.2, 0) is 6.54 Å². The fraction of sp³-hybridized carbons (Fsp3) is 0.333. The summed E-state index contributed by atoms with van der Waals surface area (Å²) in [6.07, 6.45) is -2.36. The fourth-order valence-corrected chi connectivity index (χ4v) is 5.25. The summed E-state index contributed by atoms with van der Waals surface area (Å²) in [4.78, 5) is 13.1. The quantitative estimate of drug-likeness (QED) is 0.260. The number of hydrogen-bond donors (Lipinski definition) is 1. The highest BCUT2D eigenvalue weighted by Crippen LogP contribution is 2.37. The van der Waals surface area contributed by atoms with Crippen molar-refractivity contribution in [3.05, 3.63) is 64.8 Å². The molecule has 0 amide bonds. The minimum Gasteiger partial charge on any atom is -0.493 e. The van der Waals surface area contributed by atoms with Gasteiger partial charge in [0.1, 0.15) is 11.6 Å². The molecule has 0 aliphatic rings. The van der Waals surface area contributed by atoms with Crippen LogP contribution in [0.1, 0.15) is 29.2 Å². The van der Waals surface area contributed by atoms with E-state index >= 15 is 0 Å². The average Bonchev–Trinajstić information content (AvgIpc) is 3.33. The number of halogens is 2. The smallest absolute Gasteiger partial charge is 0.251 e. The molecule has 2 aromatic heterocycles. The number of fused-ring (bicyclic) bond motifs is 1. The molecule has 0 fully saturated rings. The molecule has 4 aromatic rings. The van der Waals surface area contributed by atoms with Gasteiger partial charge in [0.2, 0.25) is 0 Å². The summed E-state index contributed by atoms with van der Waals surface area (Å²) in [5.41, 5.74) is 2.85. The van der Waals surface area contributed by atoms with E-state index in [1.54, 1.807) is 37.5 Å². The van der Waals surface area contributed by atoms with E-state index in [1.165, 1.54) is 0 Å². The van der Waals surface area contributed by atoms with Crippen molar-refractivity contribution in [2.24, 2.45) is 0 Å². The minimum atomic E-state index is -2.36. The Hall–Kier alpha value is -3.30. The Morgan fingerprint density at radius 3 is 2.47 bits per heavy atom. The van der Waals surface area contributed by atoms with E-state index in [9.17, 15) is 8.78 Å². The molecule has 6 nitrogen and oxygen atoms in total. The molecule has 0 radical (unpaired) electrons. The van der Waals surface area contributed by atoms with Gasteiger partial charge in [-0.1, -0.05) is 24.3 Å². The summed E-state index contributed by atoms with van der Waals surface area (Å²) in [5, 5.41) is 4.38. The molecule has 9 heteroatoms. The topological polar surface area (TPSA) is 59.5 Å². The number of benzene rings is 2. The first-order valence-electron chi connectivity index (χ1n) is 11.6. The molecule has 1 atom stereocenters. The van der Waals surface area contributed by atoms with Gasteiger partial charge in [-0.25, -0.2) is 18.7 Å². The third kappa shape index (κ3) is 5.74. The number of alkyl halides is 2. The van der Waals surface area contributed by atoms with Crippen LogP contribution in [0.25, 0.3) is 21.3 Å². The second-order valence-corrected chi connectivity index (χ2v) is 9.77. The molecule has 190 valence electrons. The molecule has 4 rings (SSSR count). The number of anilines is 1. The van der Waals surface area contributed by atoms with Crippen LogP contribution in [0.3, 0.4) is 0 Å². The van der Waals surface area contributed by atoms with Crippen LogP contribution in [0.4, 0.5) is 14.6 Å². The van der Waals surface area contributed by atoms with Gasteiger partial charge in [0.05, 0.1) is 32.3 Å². The number of nitrogens with one attached hydrogen (secondary N) is 1. The number of hydrogen-bond acceptors (Lipinski definition) is 7. The van der Waals surface area contributed by atoms with Crippen molar-refractivity contribution in [2.75, 3.05) is 33.1 Å². The molecule has 0 aliphatic carbocycles. The predicted molar refractivity (Wildman–Crippen MR) is 142 cm³/mol. The minimum absolute atomic E-state index is 0.0250. The molecular formula is C27H30F2N4O2S. The molecule has 2 aromatic carbocycles. The van der Waals surface area contributed by atoms with E-state index in [2.05, 4.69) is 34.3 Å². The third-order valence-electron chi connectivity index (χ3n) is 5.89. The van der Waals surface area contributed by atoms with E-state index in [4.69, 9.17) is 9.47 Å². The number of rotatable bonds is 10. The first-order valence-corrected chi connectivity index (χ1v) is 12.4. The molecule has 1 N–H and O–H groups in total. The lowest BCUT2D eigenvalue weighted by Crippen LogP contribution is -2.24. The lowest BCUT2D eigenvalue weighted by atomic mass is 10.1. The van der Waals surface area contributed by atoms with Crippen LogP contribution in [0.5, 0.6) is 11.5 Å². The Kier molecular flexibility index (Phi) is 8.01. The van der Waals surface area contributed by atoms with Crippen molar-refractivity contribution < 1.29 is 18.3 Å². The molecule has 36 heavy (non-hydrogen) atoms. The third-order valence-corrected chi connectivity index (χ3v) is 7.19. The van der Waals surface area contributed by atoms with E-state index in [0.717, 1.165) is 37.6 Å². The molecule has 0 saturated carbocycles. The second kappa shape index (κ2) is 11.2. The van der Waals surface area contributed by atoms with Gasteiger partial charge in [-0.3, -0.25) is 4.90 Å². The maximum Gasteiger partial charge on any atom is 0.251 e. The molecule has 1 unspecified atom stereocenters. The molecule has 0 bridgehead atoms. The van der Waals surface area contributed by atoms with Crippen LogP contribution in [0, 0.1) is 6.92 Å². The average molecular weight is 513 g/mol. The van der Waals surface area contributed by atoms with Crippen molar-refractivity contribution in [1.29, 1.82) is 0 Å². The highest BCUT2D eigenvalue weighted by atomic mass is 32.1. The molecule has 0 aliphatic heterocycles. The number of aryl methyl sites for hydroxylation is 1. The van der Waals surface area contributed by atoms with Gasteiger partial charge in [-0.05, 0) is 50.2 Å². The van der Waals surface area contributed by atoms with Crippen LogP contribution < -0.4 is 14.8 Å². The van der Waals surface area contributed by atoms with Gasteiger partial charge < -0.3 is 14.8 Å². The summed E-state index contributed by atoms with van der Waals surface area (Å²) >= 11 is 1.67. The van der Waals surface area contributed by atoms with E-state index in [1.807, 2.05) is 43.3 Å². The number of methoxy groups -OCH3 is 2. The van der Waals surface area contributed by atoms with Crippen molar-refractivity contribution in [3.8, 4) is 21.9 Å². The standard InChI is InChI=1S/C27H30F2N4O2S/c1-16(30-27-20-12-22(34-4)23(35-5)13-21(20)31-17(2)32-27)24-10-11-25(36-24)19-9-7-6-8-18(19)14-33(3)15-26(28)29/h6-13,16,26H,14-15H2,1-5H3,(H,30,31,32). The summed E-state index contributed by atoms with van der Waals surface area (Å²) in [5.74, 6) is 2.59. The van der Waals surface area contributed by atoms with Gasteiger partial charge in [-0.15, -0.1) is 11.3 Å². The summed E-state index contributed by atoms with van der Waals surface area (Å²) in [6, 6.07) is 15.8. The van der Waals surface area contributed by atoms with Gasteiger partial charge in [-0.2, -0.15) is 0 Å². The predicted octanol–water partition coefficient (Wildman–Crippen LogP) is 6.55. The Balaban J connectivity index is 1.60. The van der Waals surface area contributed by atoms with Crippen molar-refractivity contribution in [3.63, 3.8) is 0 Å². The van der Waals surface area contributed by atoms with Crippen molar-refractivity contribution >= 4 is 28.1 Å². The lowest BCUT2D eigenvalue weighted by Gasteiger charge is -2.18. The second-order valence-electron chi connectivity index (χ2n) is 8.66. The van der Waals surface area contributed by atoms with Crippen molar-refractivity contribution in [1.82, 2.24) is 14.9 Å². The van der Waals surface area contributed by atoms with E-state index < -0.39 is 6.43 Å². The largest absolute Gasteiger partial charge is 0.493 e. The Labute approximate surface area is 213 Å². The number of ether oxygens (including phenoxy) is 2. The maximum absolute atomic E-state index is 12.8. The van der Waals surface area contributed by atoms with Crippen LogP contribution in [-0.4, -0.2) is 49.1 Å². The van der Waals surface area contributed by atoms with E-state index in [-0.39, 0.29) is 12.6 Å². The number of nitrogens with zero attached hydrogens (tertiary/aromatic N) is 3. The first-order chi connectivity index (χ1) is 17.3. The summed E-state index contributed by atoms with van der Waals surface area (Å²) < 4.78 is 36.5. The molecule has 0 spiro atoms. The van der Waals surface area contributed by atoms with Gasteiger partial charge in [0, 0.05) is 27.8 Å². The Bertz CT molecular complexity index is 1340. The fourth-order valence-electron chi connectivity index (χ4n) is 4.18. The summed E-state index contributed by atoms with van der Waals surface area (Å²) in [6.45, 7) is 4.15.